The zero-order valence-electron chi connectivity index (χ0n) is 15.2. The number of thioether (sulfide) groups is 1. The molecule has 7 nitrogen and oxygen atoms in total. The van der Waals surface area contributed by atoms with E-state index >= 15 is 0 Å². The van der Waals surface area contributed by atoms with E-state index in [4.69, 9.17) is 11.6 Å². The van der Waals surface area contributed by atoms with Gasteiger partial charge in [0.15, 0.2) is 5.16 Å². The molecule has 2 heterocycles. The summed E-state index contributed by atoms with van der Waals surface area (Å²) in [5, 5.41) is 12.0. The van der Waals surface area contributed by atoms with Crippen LogP contribution in [0.1, 0.15) is 5.56 Å². The van der Waals surface area contributed by atoms with Gasteiger partial charge in [0.2, 0.25) is 11.6 Å². The first-order valence-corrected chi connectivity index (χ1v) is 10.1. The van der Waals surface area contributed by atoms with Gasteiger partial charge in [-0.1, -0.05) is 59.8 Å². The van der Waals surface area contributed by atoms with Crippen LogP contribution in [-0.2, 0) is 11.3 Å². The fourth-order valence-electron chi connectivity index (χ4n) is 2.77. The third kappa shape index (κ3) is 4.18. The summed E-state index contributed by atoms with van der Waals surface area (Å²) in [6.45, 7) is 0.349. The lowest BCUT2D eigenvalue weighted by molar-refractivity contribution is -0.118. The number of carbonyl (C=O) groups excluding carboxylic acids is 1. The van der Waals surface area contributed by atoms with E-state index in [-0.39, 0.29) is 22.9 Å². The van der Waals surface area contributed by atoms with Crippen molar-refractivity contribution in [3.05, 3.63) is 87.9 Å². The van der Waals surface area contributed by atoms with Crippen LogP contribution in [0.3, 0.4) is 0 Å². The minimum atomic E-state index is -0.277. The molecule has 0 aliphatic heterocycles. The number of benzene rings is 2. The number of nitrogens with one attached hydrogen (secondary N) is 1. The highest BCUT2D eigenvalue weighted by Gasteiger charge is 2.13. The van der Waals surface area contributed by atoms with E-state index in [0.717, 1.165) is 11.3 Å². The molecule has 1 amide bonds. The topological polar surface area (TPSA) is 81.3 Å². The number of carbonyl (C=O) groups is 1. The summed E-state index contributed by atoms with van der Waals surface area (Å²) in [5.74, 6) is -0.0168. The van der Waals surface area contributed by atoms with Gasteiger partial charge in [0.05, 0.1) is 5.75 Å². The Morgan fingerprint density at radius 2 is 1.79 bits per heavy atom. The number of halogens is 1. The lowest BCUT2D eigenvalue weighted by Crippen LogP contribution is -2.24. The molecule has 0 radical (unpaired) electrons. The van der Waals surface area contributed by atoms with Gasteiger partial charge in [0.25, 0.3) is 0 Å². The van der Waals surface area contributed by atoms with Gasteiger partial charge in [0, 0.05) is 29.6 Å². The average Bonchev–Trinajstić information content (AvgIpc) is 3.16. The first-order chi connectivity index (χ1) is 14.1. The van der Waals surface area contributed by atoms with E-state index in [1.54, 1.807) is 22.9 Å². The van der Waals surface area contributed by atoms with Gasteiger partial charge >= 0.3 is 5.56 Å². The Hall–Kier alpha value is -3.10. The van der Waals surface area contributed by atoms with Crippen molar-refractivity contribution < 1.29 is 4.79 Å². The largest absolute Gasteiger partial charge is 0.351 e. The van der Waals surface area contributed by atoms with Gasteiger partial charge in [0.1, 0.15) is 0 Å². The molecule has 0 saturated heterocycles. The number of aromatic nitrogens is 4. The molecule has 0 aliphatic rings. The van der Waals surface area contributed by atoms with Crippen molar-refractivity contribution in [1.82, 2.24) is 24.5 Å². The van der Waals surface area contributed by atoms with Crippen LogP contribution in [0.25, 0.3) is 11.3 Å². The van der Waals surface area contributed by atoms with Crippen molar-refractivity contribution in [2.75, 3.05) is 5.75 Å². The first-order valence-electron chi connectivity index (χ1n) is 8.78. The number of hydrogen-bond donors (Lipinski definition) is 1. The van der Waals surface area contributed by atoms with Crippen LogP contribution in [-0.4, -0.2) is 30.8 Å². The molecular formula is C20H16ClN5O2S. The van der Waals surface area contributed by atoms with Crippen molar-refractivity contribution in [3.63, 3.8) is 0 Å². The fraction of sp³-hybridized carbons (Fsp3) is 0.100. The third-order valence-corrected chi connectivity index (χ3v) is 5.55. The van der Waals surface area contributed by atoms with Crippen LogP contribution in [0.2, 0.25) is 5.02 Å². The molecule has 0 spiro atoms. The van der Waals surface area contributed by atoms with Crippen molar-refractivity contribution in [2.45, 2.75) is 11.7 Å². The maximum Gasteiger partial charge on any atom is 0.300 e. The van der Waals surface area contributed by atoms with Crippen molar-refractivity contribution in [2.24, 2.45) is 0 Å². The highest BCUT2D eigenvalue weighted by Crippen LogP contribution is 2.17. The van der Waals surface area contributed by atoms with Gasteiger partial charge in [-0.3, -0.25) is 18.6 Å². The second kappa shape index (κ2) is 8.50. The Morgan fingerprint density at radius 3 is 2.59 bits per heavy atom. The van der Waals surface area contributed by atoms with Crippen LogP contribution < -0.4 is 10.9 Å². The Balaban J connectivity index is 1.45. The van der Waals surface area contributed by atoms with Crippen molar-refractivity contribution in [1.29, 1.82) is 0 Å². The Labute approximate surface area is 175 Å². The summed E-state index contributed by atoms with van der Waals surface area (Å²) in [4.78, 5) is 24.9. The van der Waals surface area contributed by atoms with E-state index in [1.807, 2.05) is 48.5 Å². The quantitative estimate of drug-likeness (QED) is 0.480. The predicted molar refractivity (Wildman–Crippen MR) is 113 cm³/mol. The molecule has 1 N–H and O–H groups in total. The summed E-state index contributed by atoms with van der Waals surface area (Å²) in [7, 11) is 0. The standard InChI is InChI=1S/C20H16ClN5O2S/c21-16-9-5-4-6-14(16)12-22-17(27)13-29-20-24-23-18-19(28)25(10-11-26(18)20)15-7-2-1-3-8-15/h1-11H,12-13H2,(H,22,27). The second-order valence-corrected chi connectivity index (χ2v) is 7.49. The van der Waals surface area contributed by atoms with E-state index in [0.29, 0.717) is 16.7 Å². The van der Waals surface area contributed by atoms with Crippen LogP contribution >= 0.6 is 23.4 Å². The molecular weight excluding hydrogens is 410 g/mol. The van der Waals surface area contributed by atoms with E-state index in [9.17, 15) is 9.59 Å². The molecule has 0 fully saturated rings. The number of hydrogen-bond acceptors (Lipinski definition) is 5. The molecule has 146 valence electrons. The lowest BCUT2D eigenvalue weighted by Gasteiger charge is -2.07. The van der Waals surface area contributed by atoms with Crippen molar-refractivity contribution in [3.8, 4) is 5.69 Å². The van der Waals surface area contributed by atoms with Crippen LogP contribution in [0.5, 0.6) is 0 Å². The number of amides is 1. The SMILES string of the molecule is O=C(CSc1nnc2c(=O)n(-c3ccccc3)ccn12)NCc1ccccc1Cl. The van der Waals surface area contributed by atoms with E-state index in [2.05, 4.69) is 15.5 Å². The van der Waals surface area contributed by atoms with Crippen LogP contribution in [0, 0.1) is 0 Å². The predicted octanol–water partition coefficient (Wildman–Crippen LogP) is 2.94. The molecule has 9 heteroatoms. The lowest BCUT2D eigenvalue weighted by atomic mass is 10.2. The summed E-state index contributed by atoms with van der Waals surface area (Å²) < 4.78 is 3.10. The van der Waals surface area contributed by atoms with E-state index in [1.165, 1.54) is 16.3 Å². The van der Waals surface area contributed by atoms with Gasteiger partial charge in [-0.05, 0) is 23.8 Å². The first kappa shape index (κ1) is 19.2. The van der Waals surface area contributed by atoms with Gasteiger partial charge in [-0.2, -0.15) is 0 Å². The summed E-state index contributed by atoms with van der Waals surface area (Å²) in [6, 6.07) is 16.6. The molecule has 0 atom stereocenters. The second-order valence-electron chi connectivity index (χ2n) is 6.14. The summed E-state index contributed by atoms with van der Waals surface area (Å²) in [5.41, 5.74) is 1.52. The smallest absolute Gasteiger partial charge is 0.300 e. The Kier molecular flexibility index (Phi) is 5.64. The molecule has 4 aromatic rings. The number of fused-ring (bicyclic) bond motifs is 1. The van der Waals surface area contributed by atoms with Gasteiger partial charge in [-0.15, -0.1) is 10.2 Å². The minimum Gasteiger partial charge on any atom is -0.351 e. The number of nitrogens with zero attached hydrogens (tertiary/aromatic N) is 4. The Morgan fingerprint density at radius 1 is 1.03 bits per heavy atom. The molecule has 0 bridgehead atoms. The molecule has 0 saturated carbocycles. The Bertz CT molecular complexity index is 1220. The number of rotatable bonds is 6. The van der Waals surface area contributed by atoms with E-state index < -0.39 is 0 Å². The normalized spacial score (nSPS) is 10.9. The zero-order chi connectivity index (χ0) is 20.2. The maximum absolute atomic E-state index is 12.7. The van der Waals surface area contributed by atoms with Crippen LogP contribution in [0.15, 0.2) is 76.9 Å². The molecule has 29 heavy (non-hydrogen) atoms. The average molecular weight is 426 g/mol. The zero-order valence-corrected chi connectivity index (χ0v) is 16.7. The molecule has 0 aliphatic carbocycles. The molecule has 2 aromatic carbocycles. The minimum absolute atomic E-state index is 0.146. The van der Waals surface area contributed by atoms with Gasteiger partial charge in [-0.25, -0.2) is 0 Å². The summed E-state index contributed by atoms with van der Waals surface area (Å²) in [6.07, 6.45) is 3.38. The highest BCUT2D eigenvalue weighted by molar-refractivity contribution is 7.99. The summed E-state index contributed by atoms with van der Waals surface area (Å²) >= 11 is 7.30. The molecule has 2 aromatic heterocycles. The third-order valence-electron chi connectivity index (χ3n) is 4.24. The molecule has 0 unspecified atom stereocenters. The maximum atomic E-state index is 12.7. The monoisotopic (exact) mass is 425 g/mol. The van der Waals surface area contributed by atoms with Crippen LogP contribution in [0.4, 0.5) is 0 Å². The number of para-hydroxylation sites is 1. The molecule has 4 rings (SSSR count). The highest BCUT2D eigenvalue weighted by atomic mass is 35.5. The van der Waals surface area contributed by atoms with Gasteiger partial charge < -0.3 is 5.32 Å². The van der Waals surface area contributed by atoms with Crippen molar-refractivity contribution >= 4 is 34.9 Å². The fourth-order valence-corrected chi connectivity index (χ4v) is 3.72.